The maximum absolute atomic E-state index is 13.3. The predicted molar refractivity (Wildman–Crippen MR) is 153 cm³/mol. The SMILES string of the molecule is CCOc1ccc(NC(=O)N(CC(=O)Nc2cc(C(C)(C)C)nn2-c2ccc(C)cc2C)CC(C)C)cc1. The van der Waals surface area contributed by atoms with Crippen molar-refractivity contribution in [2.75, 3.05) is 30.3 Å². The molecule has 2 N–H and O–H groups in total. The van der Waals surface area contributed by atoms with Crippen LogP contribution in [0.2, 0.25) is 0 Å². The molecule has 0 fully saturated rings. The molecule has 0 radical (unpaired) electrons. The van der Waals surface area contributed by atoms with Gasteiger partial charge >= 0.3 is 6.03 Å². The smallest absolute Gasteiger partial charge is 0.322 e. The van der Waals surface area contributed by atoms with Gasteiger partial charge in [0.25, 0.3) is 0 Å². The summed E-state index contributed by atoms with van der Waals surface area (Å²) in [6.45, 7) is 17.2. The summed E-state index contributed by atoms with van der Waals surface area (Å²) in [5.74, 6) is 1.20. The van der Waals surface area contributed by atoms with Crippen LogP contribution < -0.4 is 15.4 Å². The number of nitrogens with zero attached hydrogens (tertiary/aromatic N) is 3. The minimum atomic E-state index is -0.337. The zero-order valence-electron chi connectivity index (χ0n) is 23.9. The van der Waals surface area contributed by atoms with Crippen molar-refractivity contribution in [3.05, 3.63) is 65.4 Å². The second-order valence-corrected chi connectivity index (χ2v) is 11.1. The largest absolute Gasteiger partial charge is 0.494 e. The maximum atomic E-state index is 13.3. The van der Waals surface area contributed by atoms with Crippen LogP contribution in [0.25, 0.3) is 5.69 Å². The average Bonchev–Trinajstić information content (AvgIpc) is 3.23. The number of nitrogens with one attached hydrogen (secondary N) is 2. The number of benzene rings is 2. The highest BCUT2D eigenvalue weighted by molar-refractivity contribution is 5.96. The van der Waals surface area contributed by atoms with Gasteiger partial charge < -0.3 is 20.3 Å². The molecule has 0 saturated carbocycles. The number of ether oxygens (including phenoxy) is 1. The average molecular weight is 520 g/mol. The van der Waals surface area contributed by atoms with E-state index in [1.165, 1.54) is 4.90 Å². The zero-order valence-corrected chi connectivity index (χ0v) is 23.9. The van der Waals surface area contributed by atoms with Gasteiger partial charge in [0.15, 0.2) is 0 Å². The molecule has 0 aliphatic carbocycles. The summed E-state index contributed by atoms with van der Waals surface area (Å²) in [5, 5.41) is 10.7. The minimum Gasteiger partial charge on any atom is -0.494 e. The fourth-order valence-corrected chi connectivity index (χ4v) is 4.08. The normalized spacial score (nSPS) is 11.4. The molecular weight excluding hydrogens is 478 g/mol. The number of hydrogen-bond acceptors (Lipinski definition) is 4. The highest BCUT2D eigenvalue weighted by Gasteiger charge is 2.24. The molecule has 38 heavy (non-hydrogen) atoms. The van der Waals surface area contributed by atoms with Crippen molar-refractivity contribution in [3.63, 3.8) is 0 Å². The lowest BCUT2D eigenvalue weighted by molar-refractivity contribution is -0.116. The molecule has 0 bridgehead atoms. The van der Waals surface area contributed by atoms with Gasteiger partial charge in [-0.2, -0.15) is 5.10 Å². The summed E-state index contributed by atoms with van der Waals surface area (Å²) >= 11 is 0. The standard InChI is InChI=1S/C30H41N5O3/c1-9-38-24-13-11-23(12-14-24)31-29(37)34(18-20(2)3)19-28(36)32-27-17-26(30(6,7)8)33-35(27)25-15-10-21(4)16-22(25)5/h10-17,20H,9,18-19H2,1-8H3,(H,31,37)(H,32,36). The van der Waals surface area contributed by atoms with Crippen LogP contribution in [0.1, 0.15) is 58.4 Å². The lowest BCUT2D eigenvalue weighted by Gasteiger charge is -2.24. The lowest BCUT2D eigenvalue weighted by Crippen LogP contribution is -2.42. The van der Waals surface area contributed by atoms with Gasteiger partial charge in [0.05, 0.1) is 18.0 Å². The third kappa shape index (κ3) is 7.60. The Labute approximate surface area is 226 Å². The van der Waals surface area contributed by atoms with Gasteiger partial charge in [0, 0.05) is 23.7 Å². The van der Waals surface area contributed by atoms with Crippen molar-refractivity contribution >= 4 is 23.4 Å². The summed E-state index contributed by atoms with van der Waals surface area (Å²) in [7, 11) is 0. The number of aryl methyl sites for hydroxylation is 2. The molecule has 3 amide bonds. The van der Waals surface area contributed by atoms with Crippen LogP contribution in [-0.2, 0) is 10.2 Å². The predicted octanol–water partition coefficient (Wildman–Crippen LogP) is 6.31. The maximum Gasteiger partial charge on any atom is 0.322 e. The number of urea groups is 1. The molecule has 1 heterocycles. The quantitative estimate of drug-likeness (QED) is 0.347. The highest BCUT2D eigenvalue weighted by atomic mass is 16.5. The number of hydrogen-bond donors (Lipinski definition) is 2. The Kier molecular flexibility index (Phi) is 9.20. The molecule has 8 nitrogen and oxygen atoms in total. The fraction of sp³-hybridized carbons (Fsp3) is 0.433. The van der Waals surface area contributed by atoms with Crippen LogP contribution in [-0.4, -0.2) is 46.3 Å². The van der Waals surface area contributed by atoms with Crippen LogP contribution in [0.5, 0.6) is 5.75 Å². The van der Waals surface area contributed by atoms with Gasteiger partial charge in [0.1, 0.15) is 18.1 Å². The number of carbonyl (C=O) groups excluding carboxylic acids is 2. The monoisotopic (exact) mass is 519 g/mol. The van der Waals surface area contributed by atoms with E-state index >= 15 is 0 Å². The minimum absolute atomic E-state index is 0.0933. The number of carbonyl (C=O) groups is 2. The number of rotatable bonds is 9. The van der Waals surface area contributed by atoms with Crippen molar-refractivity contribution in [1.29, 1.82) is 0 Å². The van der Waals surface area contributed by atoms with Gasteiger partial charge in [-0.25, -0.2) is 9.48 Å². The Balaban J connectivity index is 1.81. The van der Waals surface area contributed by atoms with Crippen LogP contribution in [0.3, 0.4) is 0 Å². The van der Waals surface area contributed by atoms with Crippen LogP contribution in [0.15, 0.2) is 48.5 Å². The van der Waals surface area contributed by atoms with Crippen LogP contribution in [0, 0.1) is 19.8 Å². The molecular formula is C30H41N5O3. The van der Waals surface area contributed by atoms with Crippen LogP contribution in [0.4, 0.5) is 16.3 Å². The second-order valence-electron chi connectivity index (χ2n) is 11.1. The third-order valence-electron chi connectivity index (χ3n) is 5.95. The van der Waals surface area contributed by atoms with Gasteiger partial charge in [-0.15, -0.1) is 0 Å². The Morgan fingerprint density at radius 2 is 1.71 bits per heavy atom. The summed E-state index contributed by atoms with van der Waals surface area (Å²) in [6.07, 6.45) is 0. The van der Waals surface area contributed by atoms with Gasteiger partial charge in [-0.1, -0.05) is 52.3 Å². The molecule has 2 aromatic carbocycles. The van der Waals surface area contributed by atoms with Crippen molar-refractivity contribution in [3.8, 4) is 11.4 Å². The Morgan fingerprint density at radius 3 is 2.29 bits per heavy atom. The Morgan fingerprint density at radius 1 is 1.03 bits per heavy atom. The van der Waals surface area contributed by atoms with E-state index in [2.05, 4.69) is 37.5 Å². The summed E-state index contributed by atoms with van der Waals surface area (Å²) in [6, 6.07) is 14.9. The first kappa shape index (κ1) is 28.8. The van der Waals surface area contributed by atoms with E-state index in [4.69, 9.17) is 9.84 Å². The topological polar surface area (TPSA) is 88.5 Å². The summed E-state index contributed by atoms with van der Waals surface area (Å²) in [4.78, 5) is 27.9. The van der Waals surface area contributed by atoms with E-state index < -0.39 is 0 Å². The van der Waals surface area contributed by atoms with E-state index in [9.17, 15) is 9.59 Å². The van der Waals surface area contributed by atoms with Crippen molar-refractivity contribution in [1.82, 2.24) is 14.7 Å². The van der Waals surface area contributed by atoms with Gasteiger partial charge in [-0.3, -0.25) is 4.79 Å². The molecule has 0 unspecified atom stereocenters. The molecule has 1 aromatic heterocycles. The second kappa shape index (κ2) is 12.2. The van der Waals surface area contributed by atoms with Crippen molar-refractivity contribution < 1.29 is 14.3 Å². The molecule has 0 aliphatic heterocycles. The number of amides is 3. The molecule has 3 aromatic rings. The van der Waals surface area contributed by atoms with E-state index in [1.54, 1.807) is 28.9 Å². The van der Waals surface area contributed by atoms with E-state index in [-0.39, 0.29) is 29.8 Å². The molecule has 0 saturated heterocycles. The van der Waals surface area contributed by atoms with Crippen LogP contribution >= 0.6 is 0 Å². The van der Waals surface area contributed by atoms with E-state index in [0.717, 1.165) is 28.3 Å². The highest BCUT2D eigenvalue weighted by Crippen LogP contribution is 2.28. The van der Waals surface area contributed by atoms with E-state index in [1.807, 2.05) is 52.8 Å². The lowest BCUT2D eigenvalue weighted by atomic mass is 9.92. The first-order valence-electron chi connectivity index (χ1n) is 13.1. The molecule has 3 rings (SSSR count). The molecule has 8 heteroatoms. The molecule has 0 atom stereocenters. The molecule has 0 aliphatic rings. The molecule has 0 spiro atoms. The first-order valence-corrected chi connectivity index (χ1v) is 13.1. The van der Waals surface area contributed by atoms with Gasteiger partial charge in [0.2, 0.25) is 5.91 Å². The molecule has 204 valence electrons. The Bertz CT molecular complexity index is 1260. The summed E-state index contributed by atoms with van der Waals surface area (Å²) < 4.78 is 7.25. The zero-order chi connectivity index (χ0) is 28.0. The number of aromatic nitrogens is 2. The summed E-state index contributed by atoms with van der Waals surface area (Å²) in [5.41, 5.74) is 4.40. The fourth-order valence-electron chi connectivity index (χ4n) is 4.08. The number of anilines is 2. The Hall–Kier alpha value is -3.81. The third-order valence-corrected chi connectivity index (χ3v) is 5.95. The van der Waals surface area contributed by atoms with Gasteiger partial charge in [-0.05, 0) is 62.6 Å². The van der Waals surface area contributed by atoms with Crippen molar-refractivity contribution in [2.24, 2.45) is 5.92 Å². The van der Waals surface area contributed by atoms with Crippen molar-refractivity contribution in [2.45, 2.75) is 60.8 Å². The van der Waals surface area contributed by atoms with E-state index in [0.29, 0.717) is 24.7 Å². The first-order chi connectivity index (χ1) is 17.9.